The van der Waals surface area contributed by atoms with Gasteiger partial charge in [0.05, 0.1) is 23.4 Å². The van der Waals surface area contributed by atoms with Crippen molar-refractivity contribution in [2.45, 2.75) is 25.6 Å². The van der Waals surface area contributed by atoms with Crippen molar-refractivity contribution in [3.05, 3.63) is 94.0 Å². The van der Waals surface area contributed by atoms with Crippen LogP contribution in [-0.2, 0) is 6.54 Å². The Bertz CT molecular complexity index is 1010. The molecular weight excluding hydrogens is 443 g/mol. The van der Waals surface area contributed by atoms with Crippen molar-refractivity contribution < 1.29 is 9.84 Å². The lowest BCUT2D eigenvalue weighted by molar-refractivity contribution is 0.130. The molecule has 4 nitrogen and oxygen atoms in total. The Labute approximate surface area is 199 Å². The molecule has 0 amide bonds. The van der Waals surface area contributed by atoms with E-state index in [1.54, 1.807) is 0 Å². The first-order valence-corrected chi connectivity index (χ1v) is 11.6. The first kappa shape index (κ1) is 22.9. The Morgan fingerprint density at radius 3 is 2.44 bits per heavy atom. The molecule has 1 saturated heterocycles. The predicted octanol–water partition coefficient (Wildman–Crippen LogP) is 5.82. The van der Waals surface area contributed by atoms with Gasteiger partial charge in [-0.1, -0.05) is 65.7 Å². The van der Waals surface area contributed by atoms with Crippen molar-refractivity contribution in [1.29, 1.82) is 0 Å². The summed E-state index contributed by atoms with van der Waals surface area (Å²) in [7, 11) is 0. The topological polar surface area (TPSA) is 35.9 Å². The summed E-state index contributed by atoms with van der Waals surface area (Å²) in [6.45, 7) is 5.37. The molecule has 0 unspecified atom stereocenters. The number of nitrogens with zero attached hydrogens (tertiary/aromatic N) is 2. The number of hydrogen-bond donors (Lipinski definition) is 1. The third-order valence-electron chi connectivity index (χ3n) is 5.79. The maximum Gasteiger partial charge on any atom is 0.121 e. The predicted molar refractivity (Wildman–Crippen MR) is 132 cm³/mol. The van der Waals surface area contributed by atoms with Gasteiger partial charge in [0.1, 0.15) is 11.9 Å². The van der Waals surface area contributed by atoms with Gasteiger partial charge in [0.25, 0.3) is 0 Å². The van der Waals surface area contributed by atoms with Crippen LogP contribution in [0.5, 0.6) is 5.75 Å². The highest BCUT2D eigenvalue weighted by molar-refractivity contribution is 6.33. The fourth-order valence-electron chi connectivity index (χ4n) is 4.15. The van der Waals surface area contributed by atoms with Gasteiger partial charge < -0.3 is 14.7 Å². The van der Waals surface area contributed by atoms with Crippen LogP contribution in [0.15, 0.2) is 72.8 Å². The molecule has 0 aromatic heterocycles. The standard InChI is InChI=1S/C26H28Cl2N2O2/c1-19(18-31)32-23-11-12-25(24(28)15-23)30-14-13-29(16-20-5-3-2-4-6-20)17-26(30)21-7-9-22(27)10-8-21/h2-12,15,19,26,31H,13-14,16-18H2,1H3/t19-,26+/m1/s1. The van der Waals surface area contributed by atoms with Gasteiger partial charge in [-0.05, 0) is 42.3 Å². The molecule has 0 spiro atoms. The van der Waals surface area contributed by atoms with Crippen LogP contribution in [0, 0.1) is 0 Å². The van der Waals surface area contributed by atoms with Crippen molar-refractivity contribution in [3.8, 4) is 5.75 Å². The average Bonchev–Trinajstić information content (AvgIpc) is 2.80. The van der Waals surface area contributed by atoms with E-state index in [9.17, 15) is 5.11 Å². The third-order valence-corrected chi connectivity index (χ3v) is 6.35. The van der Waals surface area contributed by atoms with Crippen LogP contribution in [0.3, 0.4) is 0 Å². The molecule has 168 valence electrons. The third kappa shape index (κ3) is 5.57. The molecule has 3 aromatic carbocycles. The highest BCUT2D eigenvalue weighted by Crippen LogP contribution is 2.37. The summed E-state index contributed by atoms with van der Waals surface area (Å²) in [6.07, 6.45) is -0.278. The summed E-state index contributed by atoms with van der Waals surface area (Å²) in [5.41, 5.74) is 3.50. The highest BCUT2D eigenvalue weighted by atomic mass is 35.5. The molecule has 1 aliphatic rings. The van der Waals surface area contributed by atoms with E-state index in [2.05, 4.69) is 52.3 Å². The summed E-state index contributed by atoms with van der Waals surface area (Å²) < 4.78 is 5.72. The summed E-state index contributed by atoms with van der Waals surface area (Å²) >= 11 is 12.9. The van der Waals surface area contributed by atoms with Crippen molar-refractivity contribution in [3.63, 3.8) is 0 Å². The summed E-state index contributed by atoms with van der Waals surface area (Å²) in [5.74, 6) is 0.658. The van der Waals surface area contributed by atoms with E-state index < -0.39 is 0 Å². The molecule has 0 saturated carbocycles. The number of halogens is 2. The van der Waals surface area contributed by atoms with E-state index >= 15 is 0 Å². The lowest BCUT2D eigenvalue weighted by atomic mass is 10.0. The minimum absolute atomic E-state index is 0.0403. The van der Waals surface area contributed by atoms with Gasteiger partial charge in [0, 0.05) is 37.3 Å². The van der Waals surface area contributed by atoms with Crippen LogP contribution in [-0.4, -0.2) is 42.4 Å². The van der Waals surface area contributed by atoms with Gasteiger partial charge in [-0.15, -0.1) is 0 Å². The van der Waals surface area contributed by atoms with Crippen molar-refractivity contribution >= 4 is 28.9 Å². The van der Waals surface area contributed by atoms with Crippen LogP contribution in [0.1, 0.15) is 24.1 Å². The van der Waals surface area contributed by atoms with Crippen LogP contribution in [0.25, 0.3) is 0 Å². The van der Waals surface area contributed by atoms with Crippen molar-refractivity contribution in [1.82, 2.24) is 4.90 Å². The van der Waals surface area contributed by atoms with Crippen LogP contribution < -0.4 is 9.64 Å². The molecule has 3 aromatic rings. The minimum Gasteiger partial charge on any atom is -0.488 e. The molecule has 1 fully saturated rings. The lowest BCUT2D eigenvalue weighted by Crippen LogP contribution is -2.48. The van der Waals surface area contributed by atoms with Crippen molar-refractivity contribution in [2.75, 3.05) is 31.1 Å². The Morgan fingerprint density at radius 1 is 1.00 bits per heavy atom. The second-order valence-corrected chi connectivity index (χ2v) is 9.05. The van der Waals surface area contributed by atoms with E-state index in [-0.39, 0.29) is 18.8 Å². The normalized spacial score (nSPS) is 17.9. The minimum atomic E-state index is -0.278. The van der Waals surface area contributed by atoms with E-state index in [1.807, 2.05) is 37.3 Å². The second kappa shape index (κ2) is 10.6. The van der Waals surface area contributed by atoms with Gasteiger partial charge in [-0.2, -0.15) is 0 Å². The smallest absolute Gasteiger partial charge is 0.121 e. The van der Waals surface area contributed by atoms with E-state index in [0.717, 1.165) is 36.9 Å². The fraction of sp³-hybridized carbons (Fsp3) is 0.308. The highest BCUT2D eigenvalue weighted by Gasteiger charge is 2.30. The monoisotopic (exact) mass is 470 g/mol. The molecule has 32 heavy (non-hydrogen) atoms. The van der Waals surface area contributed by atoms with Gasteiger partial charge in [0.2, 0.25) is 0 Å². The average molecular weight is 471 g/mol. The number of rotatable bonds is 7. The number of piperazine rings is 1. The Morgan fingerprint density at radius 2 is 1.75 bits per heavy atom. The molecule has 0 bridgehead atoms. The molecular formula is C26H28Cl2N2O2. The Kier molecular flexibility index (Phi) is 7.59. The van der Waals surface area contributed by atoms with Gasteiger partial charge in [-0.25, -0.2) is 0 Å². The summed E-state index contributed by atoms with van der Waals surface area (Å²) in [5, 5.41) is 10.6. The van der Waals surface area contributed by atoms with E-state index in [0.29, 0.717) is 10.8 Å². The maximum atomic E-state index is 9.25. The Balaban J connectivity index is 1.59. The lowest BCUT2D eigenvalue weighted by Gasteiger charge is -2.43. The largest absolute Gasteiger partial charge is 0.488 e. The van der Waals surface area contributed by atoms with Crippen LogP contribution in [0.4, 0.5) is 5.69 Å². The van der Waals surface area contributed by atoms with Gasteiger partial charge in [0.15, 0.2) is 0 Å². The molecule has 0 aliphatic carbocycles. The zero-order valence-corrected chi connectivity index (χ0v) is 19.6. The number of ether oxygens (including phenoxy) is 1. The summed E-state index contributed by atoms with van der Waals surface area (Å²) in [4.78, 5) is 4.85. The van der Waals surface area contributed by atoms with Crippen LogP contribution >= 0.6 is 23.2 Å². The fourth-order valence-corrected chi connectivity index (χ4v) is 4.55. The number of anilines is 1. The zero-order valence-electron chi connectivity index (χ0n) is 18.1. The molecule has 0 radical (unpaired) electrons. The molecule has 2 atom stereocenters. The van der Waals surface area contributed by atoms with Crippen LogP contribution in [0.2, 0.25) is 10.0 Å². The quantitative estimate of drug-likeness (QED) is 0.471. The SMILES string of the molecule is C[C@H](CO)Oc1ccc(N2CCN(Cc3ccccc3)C[C@H]2c2ccc(Cl)cc2)c(Cl)c1. The molecule has 4 rings (SSSR count). The summed E-state index contributed by atoms with van der Waals surface area (Å²) in [6, 6.07) is 24.6. The Hall–Kier alpha value is -2.24. The molecule has 6 heteroatoms. The van der Waals surface area contributed by atoms with E-state index in [1.165, 1.54) is 11.1 Å². The zero-order chi connectivity index (χ0) is 22.5. The number of hydrogen-bond acceptors (Lipinski definition) is 4. The number of aliphatic hydroxyl groups excluding tert-OH is 1. The maximum absolute atomic E-state index is 9.25. The molecule has 1 heterocycles. The first-order valence-electron chi connectivity index (χ1n) is 10.9. The van der Waals surface area contributed by atoms with Gasteiger partial charge >= 0.3 is 0 Å². The van der Waals surface area contributed by atoms with E-state index in [4.69, 9.17) is 27.9 Å². The van der Waals surface area contributed by atoms with Gasteiger partial charge in [-0.3, -0.25) is 4.90 Å². The number of benzene rings is 3. The van der Waals surface area contributed by atoms with Crippen molar-refractivity contribution in [2.24, 2.45) is 0 Å². The second-order valence-electron chi connectivity index (χ2n) is 8.21. The molecule has 1 aliphatic heterocycles. The first-order chi connectivity index (χ1) is 15.5. The molecule has 1 N–H and O–H groups in total. The number of aliphatic hydroxyl groups is 1.